The van der Waals surface area contributed by atoms with Crippen molar-refractivity contribution in [2.45, 2.75) is 65.0 Å². The second kappa shape index (κ2) is 34.7. The third-order valence-corrected chi connectivity index (χ3v) is 23.6. The highest BCUT2D eigenvalue weighted by Gasteiger charge is 2.54. The summed E-state index contributed by atoms with van der Waals surface area (Å²) in [6.07, 6.45) is 6.41. The molecule has 0 saturated carbocycles. The molecule has 3 N–H and O–H groups in total. The van der Waals surface area contributed by atoms with Crippen molar-refractivity contribution in [2.24, 2.45) is 5.41 Å². The maximum Gasteiger partial charge on any atom is 0.318 e. The summed E-state index contributed by atoms with van der Waals surface area (Å²) in [5.41, 5.74) is 9.58. The number of phenolic OH excluding ortho intramolecular Hbond substituents is 3. The van der Waals surface area contributed by atoms with Crippen LogP contribution in [-0.2, 0) is 53.3 Å². The van der Waals surface area contributed by atoms with Gasteiger partial charge in [-0.3, -0.25) is 14.4 Å². The number of hydrazine groups is 1. The summed E-state index contributed by atoms with van der Waals surface area (Å²) >= 11 is 0. The Hall–Kier alpha value is -11.6. The van der Waals surface area contributed by atoms with E-state index in [4.69, 9.17) is 39.4 Å². The average Bonchev–Trinajstić information content (AvgIpc) is 0.721. The monoisotopic (exact) mass is 1590 g/mol. The van der Waals surface area contributed by atoms with Gasteiger partial charge >= 0.3 is 12.0 Å². The topological polar surface area (TPSA) is 253 Å². The van der Waals surface area contributed by atoms with Gasteiger partial charge in [0.05, 0.1) is 36.7 Å². The maximum absolute atomic E-state index is 12.2. The Morgan fingerprint density at radius 1 is 0.419 bits per heavy atom. The molecule has 3 amide bonds. The third-order valence-electron chi connectivity index (χ3n) is 23.6. The first-order valence-electron chi connectivity index (χ1n) is 40.8. The summed E-state index contributed by atoms with van der Waals surface area (Å²) in [7, 11) is 12.2. The molecule has 28 nitrogen and oxygen atoms in total. The minimum atomic E-state index is -0.0762. The van der Waals surface area contributed by atoms with E-state index in [9.17, 15) is 29.7 Å². The number of carbonyl (C=O) groups excluding carboxylic acids is 3. The lowest BCUT2D eigenvalue weighted by Crippen LogP contribution is -2.73. The number of hydrogen-bond donors (Lipinski definition) is 3. The highest BCUT2D eigenvalue weighted by Crippen LogP contribution is 2.46. The lowest BCUT2D eigenvalue weighted by molar-refractivity contribution is -0.139. The van der Waals surface area contributed by atoms with Crippen LogP contribution in [-0.4, -0.2) is 289 Å². The van der Waals surface area contributed by atoms with Gasteiger partial charge in [0.2, 0.25) is 23.7 Å². The minimum absolute atomic E-state index is 0.00335. The molecule has 11 heterocycles. The summed E-state index contributed by atoms with van der Waals surface area (Å²) in [5.74, 6) is 4.36. The first-order valence-corrected chi connectivity index (χ1v) is 40.8. The molecule has 0 aliphatic carbocycles. The van der Waals surface area contributed by atoms with Crippen LogP contribution in [0.15, 0.2) is 147 Å². The van der Waals surface area contributed by atoms with Gasteiger partial charge in [-0.25, -0.2) is 15.0 Å². The van der Waals surface area contributed by atoms with Crippen LogP contribution in [0, 0.1) is 5.41 Å². The molecule has 6 aromatic carbocycles. The quantitative estimate of drug-likeness (QED) is 0.0642. The van der Waals surface area contributed by atoms with Gasteiger partial charge in [-0.05, 0) is 114 Å². The largest absolute Gasteiger partial charge is 0.508 e. The molecule has 2 atom stereocenters. The molecule has 0 radical (unpaired) electrons. The van der Waals surface area contributed by atoms with E-state index in [1.54, 1.807) is 12.1 Å². The number of anilines is 7. The Balaban J connectivity index is 0.000000138. The number of aromatic nitrogens is 6. The maximum atomic E-state index is 12.2. The van der Waals surface area contributed by atoms with Crippen molar-refractivity contribution in [1.82, 2.24) is 64.4 Å². The Morgan fingerprint density at radius 2 is 0.769 bits per heavy atom. The third kappa shape index (κ3) is 17.7. The first kappa shape index (κ1) is 80.6. The lowest BCUT2D eigenvalue weighted by atomic mass is 9.72. The highest BCUT2D eigenvalue weighted by atomic mass is 16.5. The van der Waals surface area contributed by atoms with Gasteiger partial charge in [0.1, 0.15) is 46.9 Å². The number of phenols is 3. The van der Waals surface area contributed by atoms with Crippen molar-refractivity contribution in [2.75, 3.05) is 214 Å². The van der Waals surface area contributed by atoms with Gasteiger partial charge in [0.15, 0.2) is 0 Å². The lowest BCUT2D eigenvalue weighted by Gasteiger charge is -2.60. The number of ether oxygens (including phenoxy) is 2. The van der Waals surface area contributed by atoms with Crippen LogP contribution in [0.5, 0.6) is 29.3 Å². The summed E-state index contributed by atoms with van der Waals surface area (Å²) in [6, 6.07) is 36.2. The number of aromatic hydroxyl groups is 3. The molecule has 9 aromatic rings. The number of carbonyl (C=O) groups is 3. The number of likely N-dealkylation sites (tertiary alicyclic amines) is 1. The van der Waals surface area contributed by atoms with Crippen molar-refractivity contribution in [1.29, 1.82) is 0 Å². The molecule has 117 heavy (non-hydrogen) atoms. The highest BCUT2D eigenvalue weighted by molar-refractivity contribution is 5.98. The zero-order valence-corrected chi connectivity index (χ0v) is 68.8. The Labute approximate surface area is 685 Å². The standard InChI is InChI=1S/C30H38N8O2.C30H36N6O3.C29H36N6O3/c1-4-28(40)34-11-13-35(14-12-34)29-25-9-10-37(27-20-23(39)19-22-7-5-6-8-24(22)27)21-26(25)31-30(32-29)36-15-17-38(18-16-36)33(2)3;1-5-27(38)35-16-30(17-35)18-36(19-30)28-24-10-11-34(26-13-22(37)12-21-8-6-7-9-23(21)26)15-25(24)31-29(32-28)39-20(2)14-33(3)4;1-5-27(37)33-12-14-34(15-13-33)28-24-10-11-35(26-17-22(36)16-21-8-6-7-9-23(21)26)19-25(24)30-29(31-28)38-20(2)18-32(3)4/h4-8,19-20,39H,1,9-18,21H2,2-3H3;5-9,12-13,20,37H,1,10-11,14-19H2,2-4H3;5-9,16-17,20,36H,1,10-15,18-19H2,2-4H3/t;;20-/m..1/s1. The second-order valence-corrected chi connectivity index (χ2v) is 32.8. The molecule has 8 aliphatic heterocycles. The van der Waals surface area contributed by atoms with Gasteiger partial charge in [-0.15, -0.1) is 0 Å². The van der Waals surface area contributed by atoms with Crippen LogP contribution < -0.4 is 43.8 Å². The average molecular weight is 1590 g/mol. The van der Waals surface area contributed by atoms with E-state index in [0.717, 1.165) is 218 Å². The SMILES string of the molecule is C=CC(=O)N1CC2(C1)CN(c1nc(OC(C)CN(C)C)nc3c1CCN(c1cc(O)cc4ccccc14)C3)C2.C=CC(=O)N1CCN(c2nc(N3CCN(N(C)C)CC3)nc3c2CCN(c2cc(O)cc4ccccc24)C3)CC1.C=CC(=O)N1CCN(c2nc(O[C@H](C)CN(C)C)nc3c2CCN(c2cc(O)cc4ccccc24)C3)CC1. The minimum Gasteiger partial charge on any atom is -0.508 e. The van der Waals surface area contributed by atoms with E-state index >= 15 is 0 Å². The van der Waals surface area contributed by atoms with Gasteiger partial charge in [-0.1, -0.05) is 92.5 Å². The number of hydrogen-bond acceptors (Lipinski definition) is 25. The summed E-state index contributed by atoms with van der Waals surface area (Å²) < 4.78 is 12.4. The molecule has 0 bridgehead atoms. The smallest absolute Gasteiger partial charge is 0.318 e. The molecule has 1 spiro atoms. The van der Waals surface area contributed by atoms with Crippen molar-refractivity contribution in [3.05, 3.63) is 181 Å². The Morgan fingerprint density at radius 3 is 1.15 bits per heavy atom. The molecule has 17 rings (SSSR count). The Bertz CT molecular complexity index is 5180. The Kier molecular flexibility index (Phi) is 23.9. The predicted octanol–water partition coefficient (Wildman–Crippen LogP) is 8.45. The zero-order chi connectivity index (χ0) is 81.9. The molecule has 3 aromatic heterocycles. The second-order valence-electron chi connectivity index (χ2n) is 32.8. The van der Waals surface area contributed by atoms with Gasteiger partial charge < -0.3 is 83.6 Å². The predicted molar refractivity (Wildman–Crippen MR) is 461 cm³/mol. The fraction of sp³-hybridized carbons (Fsp3) is 0.427. The van der Waals surface area contributed by atoms with Gasteiger partial charge in [0.25, 0.3) is 0 Å². The summed E-state index contributed by atoms with van der Waals surface area (Å²) in [4.78, 5) is 92.0. The van der Waals surface area contributed by atoms with E-state index in [1.807, 2.05) is 136 Å². The zero-order valence-electron chi connectivity index (χ0n) is 68.8. The van der Waals surface area contributed by atoms with E-state index < -0.39 is 0 Å². The van der Waals surface area contributed by atoms with Crippen LogP contribution in [0.2, 0.25) is 0 Å². The van der Waals surface area contributed by atoms with Gasteiger partial charge in [0, 0.05) is 225 Å². The number of piperazine rings is 3. The van der Waals surface area contributed by atoms with Crippen LogP contribution in [0.3, 0.4) is 0 Å². The number of likely N-dealkylation sites (N-methyl/N-ethyl adjacent to an activating group) is 2. The summed E-state index contributed by atoms with van der Waals surface area (Å²) in [6.45, 7) is 32.9. The van der Waals surface area contributed by atoms with Crippen LogP contribution >= 0.6 is 0 Å². The fourth-order valence-electron chi connectivity index (χ4n) is 17.9. The molecule has 5 saturated heterocycles. The number of rotatable bonds is 19. The number of amides is 3. The first-order chi connectivity index (χ1) is 56.5. The van der Waals surface area contributed by atoms with E-state index in [0.29, 0.717) is 70.9 Å². The molecule has 5 fully saturated rings. The van der Waals surface area contributed by atoms with E-state index in [-0.39, 0.29) is 52.6 Å². The molecule has 28 heteroatoms. The van der Waals surface area contributed by atoms with Crippen LogP contribution in [0.4, 0.5) is 40.5 Å². The number of fused-ring (bicyclic) bond motifs is 6. The van der Waals surface area contributed by atoms with Crippen molar-refractivity contribution >= 4 is 90.5 Å². The molecule has 614 valence electrons. The van der Waals surface area contributed by atoms with Crippen molar-refractivity contribution in [3.63, 3.8) is 0 Å². The van der Waals surface area contributed by atoms with Gasteiger partial charge in [-0.2, -0.15) is 24.9 Å². The fourth-order valence-corrected chi connectivity index (χ4v) is 17.9. The summed E-state index contributed by atoms with van der Waals surface area (Å²) in [5, 5.41) is 42.2. The van der Waals surface area contributed by atoms with E-state index in [1.165, 1.54) is 23.8 Å². The molecular weight excluding hydrogens is 1480 g/mol. The van der Waals surface area contributed by atoms with Crippen molar-refractivity contribution < 1.29 is 39.2 Å². The number of nitrogens with zero attached hydrogens (tertiary/aromatic N) is 20. The number of benzene rings is 6. The van der Waals surface area contributed by atoms with E-state index in [2.05, 4.69) is 106 Å². The van der Waals surface area contributed by atoms with Crippen LogP contribution in [0.25, 0.3) is 32.3 Å². The molecular formula is C89H110N20O8. The normalized spacial score (nSPS) is 17.8. The molecule has 8 aliphatic rings. The van der Waals surface area contributed by atoms with Crippen LogP contribution in [0.1, 0.15) is 47.6 Å². The van der Waals surface area contributed by atoms with Crippen molar-refractivity contribution in [3.8, 4) is 29.3 Å². The molecule has 1 unspecified atom stereocenters.